The van der Waals surface area contributed by atoms with Crippen molar-refractivity contribution < 1.29 is 32.2 Å². The Morgan fingerprint density at radius 3 is 2.19 bits per heavy atom. The van der Waals surface area contributed by atoms with Crippen LogP contribution in [0.4, 0.5) is 13.2 Å². The Hall–Kier alpha value is -2.05. The molecule has 1 rings (SSSR count). The largest absolute Gasteiger partial charge is 0.466 e. The highest BCUT2D eigenvalue weighted by Gasteiger charge is 2.43. The number of benzene rings is 1. The maximum atomic E-state index is 13.1. The molecule has 0 bridgehead atoms. The van der Waals surface area contributed by atoms with Gasteiger partial charge in [-0.1, -0.05) is 62.9 Å². The van der Waals surface area contributed by atoms with Gasteiger partial charge < -0.3 is 9.47 Å². The normalized spacial score (nSPS) is 12.5. The number of carbonyl (C=O) groups excluding carboxylic acids is 2. The van der Waals surface area contributed by atoms with Crippen LogP contribution in [0, 0.1) is 0 Å². The molecule has 146 valence electrons. The Balaban J connectivity index is 2.36. The predicted molar refractivity (Wildman–Crippen MR) is 90.3 cm³/mol. The summed E-state index contributed by atoms with van der Waals surface area (Å²) in [6.07, 6.45) is -2.82. The highest BCUT2D eigenvalue weighted by molar-refractivity contribution is 5.77. The number of alkyl halides is 3. The zero-order valence-corrected chi connectivity index (χ0v) is 14.9. The van der Waals surface area contributed by atoms with E-state index in [1.54, 1.807) is 6.07 Å². The number of carbonyl (C=O) groups is 2. The molecule has 0 spiro atoms. The monoisotopic (exact) mass is 374 g/mol. The molecule has 0 saturated heterocycles. The summed E-state index contributed by atoms with van der Waals surface area (Å²) in [5.74, 6) is -1.70. The molecule has 1 unspecified atom stereocenters. The van der Waals surface area contributed by atoms with Gasteiger partial charge in [0.15, 0.2) is 0 Å². The first-order chi connectivity index (χ1) is 12.3. The molecular formula is C19H25F3O4. The number of esters is 2. The van der Waals surface area contributed by atoms with Crippen LogP contribution in [-0.2, 0) is 19.1 Å². The van der Waals surface area contributed by atoms with Crippen molar-refractivity contribution in [3.63, 3.8) is 0 Å². The first kappa shape index (κ1) is 22.0. The van der Waals surface area contributed by atoms with Gasteiger partial charge in [0.25, 0.3) is 0 Å². The van der Waals surface area contributed by atoms with Crippen molar-refractivity contribution in [3.05, 3.63) is 35.9 Å². The van der Waals surface area contributed by atoms with E-state index < -0.39 is 30.6 Å². The van der Waals surface area contributed by atoms with Crippen molar-refractivity contribution in [2.45, 2.75) is 64.1 Å². The molecule has 4 nitrogen and oxygen atoms in total. The summed E-state index contributed by atoms with van der Waals surface area (Å²) >= 11 is 0. The molecule has 0 aliphatic rings. The summed E-state index contributed by atoms with van der Waals surface area (Å²) in [7, 11) is 0. The topological polar surface area (TPSA) is 52.6 Å². The summed E-state index contributed by atoms with van der Waals surface area (Å²) in [5, 5.41) is 0. The molecule has 0 fully saturated rings. The third-order valence-corrected chi connectivity index (χ3v) is 3.69. The second-order valence-corrected chi connectivity index (χ2v) is 5.96. The quantitative estimate of drug-likeness (QED) is 0.398. The molecule has 1 atom stereocenters. The number of halogens is 3. The maximum absolute atomic E-state index is 13.1. The van der Waals surface area contributed by atoms with E-state index in [1.807, 2.05) is 0 Å². The van der Waals surface area contributed by atoms with Gasteiger partial charge in [-0.25, -0.2) is 0 Å². The van der Waals surface area contributed by atoms with E-state index in [9.17, 15) is 22.8 Å². The molecule has 0 N–H and O–H groups in total. The van der Waals surface area contributed by atoms with Crippen LogP contribution in [-0.4, -0.2) is 24.7 Å². The summed E-state index contributed by atoms with van der Waals surface area (Å²) in [4.78, 5) is 23.2. The molecule has 0 amide bonds. The minimum absolute atomic E-state index is 0.164. The Labute approximate surface area is 151 Å². The average Bonchev–Trinajstić information content (AvgIpc) is 2.60. The number of rotatable bonds is 11. The number of ether oxygens (including phenoxy) is 2. The predicted octanol–water partition coefficient (Wildman–Crippen LogP) is 5.13. The van der Waals surface area contributed by atoms with Crippen molar-refractivity contribution in [1.29, 1.82) is 0 Å². The van der Waals surface area contributed by atoms with E-state index in [2.05, 4.69) is 11.7 Å². The highest BCUT2D eigenvalue weighted by Crippen LogP contribution is 2.36. The van der Waals surface area contributed by atoms with Crippen molar-refractivity contribution in [2.75, 3.05) is 6.61 Å². The third-order valence-electron chi connectivity index (χ3n) is 3.69. The lowest BCUT2D eigenvalue weighted by Crippen LogP contribution is -2.26. The number of hydrogen-bond acceptors (Lipinski definition) is 4. The van der Waals surface area contributed by atoms with Crippen LogP contribution in [0.25, 0.3) is 0 Å². The Bertz CT molecular complexity index is 543. The third kappa shape index (κ3) is 8.87. The molecule has 0 heterocycles. The van der Waals surface area contributed by atoms with E-state index in [-0.39, 0.29) is 18.6 Å². The van der Waals surface area contributed by atoms with Crippen molar-refractivity contribution in [3.8, 4) is 0 Å². The summed E-state index contributed by atoms with van der Waals surface area (Å²) in [6, 6.07) is 6.90. The summed E-state index contributed by atoms with van der Waals surface area (Å²) in [5.41, 5.74) is -0.164. The summed E-state index contributed by atoms with van der Waals surface area (Å²) < 4.78 is 48.8. The van der Waals surface area contributed by atoms with Gasteiger partial charge >= 0.3 is 18.1 Å². The SMILES string of the molecule is CCCCCCCOC(=O)CCC(=O)OC(c1ccccc1)C(F)(F)F. The average molecular weight is 374 g/mol. The Morgan fingerprint density at radius 1 is 0.962 bits per heavy atom. The van der Waals surface area contributed by atoms with Crippen LogP contribution >= 0.6 is 0 Å². The van der Waals surface area contributed by atoms with E-state index in [1.165, 1.54) is 24.3 Å². The van der Waals surface area contributed by atoms with Crippen LogP contribution in [0.5, 0.6) is 0 Å². The lowest BCUT2D eigenvalue weighted by atomic mass is 10.1. The van der Waals surface area contributed by atoms with Gasteiger partial charge in [-0.05, 0) is 6.42 Å². The van der Waals surface area contributed by atoms with E-state index in [0.29, 0.717) is 0 Å². The van der Waals surface area contributed by atoms with Crippen LogP contribution in [0.1, 0.15) is 63.5 Å². The fourth-order valence-electron chi connectivity index (χ4n) is 2.31. The Kier molecular flexibility index (Phi) is 9.76. The molecule has 0 radical (unpaired) electrons. The van der Waals surface area contributed by atoms with Crippen LogP contribution in [0.15, 0.2) is 30.3 Å². The number of hydrogen-bond donors (Lipinski definition) is 0. The number of unbranched alkanes of at least 4 members (excludes halogenated alkanes) is 4. The van der Waals surface area contributed by atoms with Crippen LogP contribution in [0.2, 0.25) is 0 Å². The second-order valence-electron chi connectivity index (χ2n) is 5.96. The van der Waals surface area contributed by atoms with Gasteiger partial charge in [0.1, 0.15) is 0 Å². The Morgan fingerprint density at radius 2 is 1.58 bits per heavy atom. The lowest BCUT2D eigenvalue weighted by molar-refractivity contribution is -0.224. The van der Waals surface area contributed by atoms with Crippen molar-refractivity contribution >= 4 is 11.9 Å². The molecule has 0 aromatic heterocycles. The summed E-state index contributed by atoms with van der Waals surface area (Å²) in [6.45, 7) is 2.35. The molecule has 7 heteroatoms. The van der Waals surface area contributed by atoms with E-state index in [4.69, 9.17) is 4.74 Å². The van der Waals surface area contributed by atoms with Gasteiger partial charge in [-0.2, -0.15) is 13.2 Å². The molecule has 1 aromatic carbocycles. The van der Waals surface area contributed by atoms with Gasteiger partial charge in [0.2, 0.25) is 6.10 Å². The first-order valence-corrected chi connectivity index (χ1v) is 8.81. The maximum Gasteiger partial charge on any atom is 0.429 e. The fourth-order valence-corrected chi connectivity index (χ4v) is 2.31. The molecule has 0 aliphatic carbocycles. The first-order valence-electron chi connectivity index (χ1n) is 8.81. The second kappa shape index (κ2) is 11.5. The van der Waals surface area contributed by atoms with Gasteiger partial charge in [0, 0.05) is 5.56 Å². The minimum atomic E-state index is -4.73. The molecule has 0 saturated carbocycles. The molecule has 0 aliphatic heterocycles. The van der Waals surface area contributed by atoms with Crippen molar-refractivity contribution in [2.24, 2.45) is 0 Å². The fraction of sp³-hybridized carbons (Fsp3) is 0.579. The van der Waals surface area contributed by atoms with E-state index in [0.717, 1.165) is 32.1 Å². The standard InChI is InChI=1S/C19H25F3O4/c1-2-3-4-5-9-14-25-16(23)12-13-17(24)26-18(19(20,21)22)15-10-7-6-8-11-15/h6-8,10-11,18H,2-5,9,12-14H2,1H3. The van der Waals surface area contributed by atoms with Gasteiger partial charge in [-0.3, -0.25) is 9.59 Å². The zero-order chi connectivity index (χ0) is 19.4. The van der Waals surface area contributed by atoms with E-state index >= 15 is 0 Å². The highest BCUT2D eigenvalue weighted by atomic mass is 19.4. The van der Waals surface area contributed by atoms with Crippen molar-refractivity contribution in [1.82, 2.24) is 0 Å². The molecular weight excluding hydrogens is 349 g/mol. The van der Waals surface area contributed by atoms with Gasteiger partial charge in [-0.15, -0.1) is 0 Å². The van der Waals surface area contributed by atoms with Crippen LogP contribution < -0.4 is 0 Å². The van der Waals surface area contributed by atoms with Gasteiger partial charge in [0.05, 0.1) is 19.4 Å². The lowest BCUT2D eigenvalue weighted by Gasteiger charge is -2.21. The smallest absolute Gasteiger partial charge is 0.429 e. The molecule has 26 heavy (non-hydrogen) atoms. The zero-order valence-electron chi connectivity index (χ0n) is 14.9. The van der Waals surface area contributed by atoms with Crippen LogP contribution in [0.3, 0.4) is 0 Å². The minimum Gasteiger partial charge on any atom is -0.466 e. The molecule has 1 aromatic rings.